The summed E-state index contributed by atoms with van der Waals surface area (Å²) in [5.74, 6) is 0. The second kappa shape index (κ2) is 6.23. The maximum atomic E-state index is 10.7. The van der Waals surface area contributed by atoms with Crippen LogP contribution in [0.2, 0.25) is 0 Å². The third-order valence-corrected chi connectivity index (χ3v) is 2.91. The predicted molar refractivity (Wildman–Crippen MR) is 71.9 cm³/mol. The number of amides is 2. The highest BCUT2D eigenvalue weighted by atomic mass is 127. The van der Waals surface area contributed by atoms with Gasteiger partial charge >= 0.3 is 6.03 Å². The average molecular weight is 350 g/mol. The van der Waals surface area contributed by atoms with Gasteiger partial charge in [-0.2, -0.15) is 0 Å². The quantitative estimate of drug-likeness (QED) is 0.365. The zero-order valence-electron chi connectivity index (χ0n) is 8.80. The summed E-state index contributed by atoms with van der Waals surface area (Å²) >= 11 is 1.82. The number of nitrogens with two attached hydrogens (primary N) is 1. The lowest BCUT2D eigenvalue weighted by Crippen LogP contribution is -2.30. The number of carbonyl (C=O) groups excluding carboxylic acids is 1. The van der Waals surface area contributed by atoms with Gasteiger partial charge in [0.05, 0.1) is 34.3 Å². The minimum Gasteiger partial charge on any atom is -0.383 e. The lowest BCUT2D eigenvalue weighted by atomic mass is 10.3. The topological polar surface area (TPSA) is 102 Å². The monoisotopic (exact) mass is 350 g/mol. The van der Waals surface area contributed by atoms with E-state index in [-0.39, 0.29) is 5.69 Å². The number of anilines is 1. The lowest BCUT2D eigenvalue weighted by Gasteiger charge is -2.12. The van der Waals surface area contributed by atoms with Gasteiger partial charge in [-0.15, -0.1) is 0 Å². The molecule has 7 nitrogen and oxygen atoms in total. The van der Waals surface area contributed by atoms with Crippen molar-refractivity contribution in [2.24, 2.45) is 5.73 Å². The molecule has 0 spiro atoms. The van der Waals surface area contributed by atoms with Gasteiger partial charge in [0.1, 0.15) is 0 Å². The van der Waals surface area contributed by atoms with Crippen LogP contribution in [0.4, 0.5) is 16.2 Å². The summed E-state index contributed by atoms with van der Waals surface area (Å²) in [4.78, 5) is 20.7. The molecule has 0 saturated heterocycles. The van der Waals surface area contributed by atoms with E-state index in [9.17, 15) is 14.9 Å². The van der Waals surface area contributed by atoms with Crippen molar-refractivity contribution in [3.63, 3.8) is 0 Å². The minimum atomic E-state index is -0.504. The van der Waals surface area contributed by atoms with Crippen molar-refractivity contribution in [3.8, 4) is 0 Å². The van der Waals surface area contributed by atoms with E-state index >= 15 is 0 Å². The van der Waals surface area contributed by atoms with E-state index in [2.05, 4.69) is 5.32 Å². The zero-order chi connectivity index (χ0) is 12.8. The number of nitro groups is 1. The molecule has 8 heteroatoms. The molecule has 0 aliphatic rings. The Morgan fingerprint density at radius 3 is 2.53 bits per heavy atom. The summed E-state index contributed by atoms with van der Waals surface area (Å²) in [6, 6.07) is 5.55. The molecule has 1 rings (SSSR count). The highest BCUT2D eigenvalue weighted by Crippen LogP contribution is 2.15. The summed E-state index contributed by atoms with van der Waals surface area (Å²) in [7, 11) is 0. The van der Waals surface area contributed by atoms with E-state index < -0.39 is 11.0 Å². The largest absolute Gasteiger partial charge is 0.383 e. The van der Waals surface area contributed by atoms with Gasteiger partial charge in [-0.05, 0) is 12.1 Å². The van der Waals surface area contributed by atoms with Crippen LogP contribution in [0.15, 0.2) is 24.3 Å². The van der Waals surface area contributed by atoms with Crippen LogP contribution in [0.1, 0.15) is 0 Å². The van der Waals surface area contributed by atoms with E-state index in [0.29, 0.717) is 13.1 Å². The number of halogens is 1. The molecule has 3 N–H and O–H groups in total. The highest BCUT2D eigenvalue weighted by molar-refractivity contribution is 14.1. The molecule has 17 heavy (non-hydrogen) atoms. The molecule has 0 unspecified atom stereocenters. The van der Waals surface area contributed by atoms with E-state index in [1.54, 1.807) is 12.1 Å². The van der Waals surface area contributed by atoms with Crippen molar-refractivity contribution in [2.45, 2.75) is 0 Å². The SMILES string of the molecule is NC(=O)N(I)CCNc1ccc([N+](=O)[O-])cc1. The summed E-state index contributed by atoms with van der Waals surface area (Å²) in [5, 5.41) is 13.4. The molecule has 0 fully saturated rings. The van der Waals surface area contributed by atoms with E-state index in [1.165, 1.54) is 15.2 Å². The molecule has 0 heterocycles. The molecular formula is C9H11IN4O3. The smallest absolute Gasteiger partial charge is 0.323 e. The number of urea groups is 1. The number of nitro benzene ring substituents is 1. The van der Waals surface area contributed by atoms with Crippen LogP contribution in [0, 0.1) is 10.1 Å². The van der Waals surface area contributed by atoms with Gasteiger partial charge < -0.3 is 11.1 Å². The van der Waals surface area contributed by atoms with Crippen LogP contribution in [0.5, 0.6) is 0 Å². The number of nitrogens with one attached hydrogen (secondary N) is 1. The Labute approximate surface area is 112 Å². The van der Waals surface area contributed by atoms with E-state index in [1.807, 2.05) is 22.9 Å². The Morgan fingerprint density at radius 1 is 1.47 bits per heavy atom. The first-order valence-corrected chi connectivity index (χ1v) is 5.68. The maximum absolute atomic E-state index is 10.7. The van der Waals surface area contributed by atoms with Gasteiger partial charge in [-0.3, -0.25) is 13.2 Å². The van der Waals surface area contributed by atoms with Crippen LogP contribution < -0.4 is 11.1 Å². The van der Waals surface area contributed by atoms with Crippen molar-refractivity contribution in [1.82, 2.24) is 3.11 Å². The van der Waals surface area contributed by atoms with Crippen molar-refractivity contribution in [1.29, 1.82) is 0 Å². The number of primary amides is 1. The third-order valence-electron chi connectivity index (χ3n) is 1.95. The lowest BCUT2D eigenvalue weighted by molar-refractivity contribution is -0.384. The Bertz CT molecular complexity index is 409. The predicted octanol–water partition coefficient (Wildman–Crippen LogP) is 1.74. The molecule has 1 aromatic carbocycles. The van der Waals surface area contributed by atoms with Gasteiger partial charge in [-0.1, -0.05) is 0 Å². The molecule has 0 aliphatic heterocycles. The van der Waals surface area contributed by atoms with Crippen LogP contribution in [0.25, 0.3) is 0 Å². The Kier molecular flexibility index (Phi) is 4.94. The molecule has 1 aromatic rings. The number of hydrogen-bond acceptors (Lipinski definition) is 4. The minimum absolute atomic E-state index is 0.0446. The first kappa shape index (κ1) is 13.5. The third kappa shape index (κ3) is 4.43. The standard InChI is InChI=1S/C9H11IN4O3/c10-13(9(11)15)6-5-12-7-1-3-8(4-2-7)14(16)17/h1-4,12H,5-6H2,(H2,11,15). The molecule has 0 aromatic heterocycles. The van der Waals surface area contributed by atoms with Gasteiger partial charge in [0, 0.05) is 24.4 Å². The van der Waals surface area contributed by atoms with Gasteiger partial charge in [-0.25, -0.2) is 4.79 Å². The maximum Gasteiger partial charge on any atom is 0.323 e. The first-order chi connectivity index (χ1) is 8.00. The Balaban J connectivity index is 2.42. The summed E-state index contributed by atoms with van der Waals surface area (Å²) in [5.41, 5.74) is 5.84. The zero-order valence-corrected chi connectivity index (χ0v) is 11.0. The molecule has 92 valence electrons. The normalized spacial score (nSPS) is 9.71. The Morgan fingerprint density at radius 2 is 2.06 bits per heavy atom. The molecular weight excluding hydrogens is 339 g/mol. The number of carbonyl (C=O) groups is 1. The van der Waals surface area contributed by atoms with E-state index in [0.717, 1.165) is 5.69 Å². The average Bonchev–Trinajstić information content (AvgIpc) is 2.29. The fraction of sp³-hybridized carbons (Fsp3) is 0.222. The van der Waals surface area contributed by atoms with Gasteiger partial charge in [0.25, 0.3) is 5.69 Å². The number of nitrogens with zero attached hydrogens (tertiary/aromatic N) is 2. The fourth-order valence-corrected chi connectivity index (χ4v) is 1.35. The molecule has 0 saturated carbocycles. The Hall–Kier alpha value is -1.58. The number of non-ortho nitro benzene ring substituents is 1. The molecule has 0 atom stereocenters. The number of benzene rings is 1. The molecule has 0 radical (unpaired) electrons. The number of hydrogen-bond donors (Lipinski definition) is 2. The molecule has 0 aliphatic carbocycles. The first-order valence-electron chi connectivity index (χ1n) is 4.72. The van der Waals surface area contributed by atoms with Crippen LogP contribution >= 0.6 is 22.9 Å². The highest BCUT2D eigenvalue weighted by Gasteiger charge is 2.05. The second-order valence-electron chi connectivity index (χ2n) is 3.15. The van der Waals surface area contributed by atoms with Crippen molar-refractivity contribution >= 4 is 40.3 Å². The van der Waals surface area contributed by atoms with Crippen LogP contribution in [0.3, 0.4) is 0 Å². The van der Waals surface area contributed by atoms with E-state index in [4.69, 9.17) is 5.73 Å². The van der Waals surface area contributed by atoms with Crippen molar-refractivity contribution in [3.05, 3.63) is 34.4 Å². The fourth-order valence-electron chi connectivity index (χ4n) is 1.11. The van der Waals surface area contributed by atoms with Crippen molar-refractivity contribution < 1.29 is 9.72 Å². The van der Waals surface area contributed by atoms with Gasteiger partial charge in [0.2, 0.25) is 0 Å². The van der Waals surface area contributed by atoms with Gasteiger partial charge in [0.15, 0.2) is 0 Å². The van der Waals surface area contributed by atoms with Crippen LogP contribution in [-0.2, 0) is 0 Å². The molecule has 2 amide bonds. The summed E-state index contributed by atoms with van der Waals surface area (Å²) < 4.78 is 1.34. The summed E-state index contributed by atoms with van der Waals surface area (Å²) in [6.45, 7) is 0.969. The summed E-state index contributed by atoms with van der Waals surface area (Å²) in [6.07, 6.45) is 0. The van der Waals surface area contributed by atoms with Crippen molar-refractivity contribution in [2.75, 3.05) is 18.4 Å². The van der Waals surface area contributed by atoms with Crippen LogP contribution in [-0.4, -0.2) is 27.2 Å². The molecule has 0 bridgehead atoms. The number of rotatable bonds is 5. The second-order valence-corrected chi connectivity index (χ2v) is 4.32.